The third kappa shape index (κ3) is 2.98. The molecule has 0 radical (unpaired) electrons. The van der Waals surface area contributed by atoms with Gasteiger partial charge in [-0.25, -0.2) is 0 Å². The highest BCUT2D eigenvalue weighted by molar-refractivity contribution is 7.81. The van der Waals surface area contributed by atoms with Crippen LogP contribution < -0.4 is 5.32 Å². The van der Waals surface area contributed by atoms with Gasteiger partial charge in [0.25, 0.3) is 0 Å². The van der Waals surface area contributed by atoms with Crippen LogP contribution in [0.3, 0.4) is 0 Å². The van der Waals surface area contributed by atoms with E-state index in [-0.39, 0.29) is 5.75 Å². The number of amides is 1. The predicted molar refractivity (Wildman–Crippen MR) is 46.0 cm³/mol. The molecular formula is C6H13NO4S. The first kappa shape index (κ1) is 11.7. The first-order chi connectivity index (χ1) is 5.64. The van der Waals surface area contributed by atoms with Crippen LogP contribution in [0.4, 0.5) is 0 Å². The molecule has 0 rings (SSSR count). The van der Waals surface area contributed by atoms with Crippen LogP contribution in [0, 0.1) is 0 Å². The molecule has 0 bridgehead atoms. The number of rotatable bonds is 5. The third-order valence-electron chi connectivity index (χ3n) is 1.46. The number of carbonyl (C=O) groups excluding carboxylic acids is 1. The van der Waals surface area contributed by atoms with Crippen molar-refractivity contribution < 1.29 is 20.1 Å². The Bertz CT molecular complexity index is 140. The molecule has 0 saturated carbocycles. The summed E-state index contributed by atoms with van der Waals surface area (Å²) in [6.07, 6.45) is 0. The fraction of sp³-hybridized carbons (Fsp3) is 0.833. The van der Waals surface area contributed by atoms with Gasteiger partial charge in [0.05, 0.1) is 25.6 Å². The predicted octanol–water partition coefficient (Wildman–Crippen LogP) is -2.25. The maximum atomic E-state index is 10.8. The second kappa shape index (κ2) is 5.36. The molecule has 1 amide bonds. The lowest BCUT2D eigenvalue weighted by atomic mass is 10.0. The standard InChI is InChI=1S/C6H13NO4S/c8-2-6(3-9,4-10)7-5(11)1-12/h8-10,12H,1-4H2,(H,7,11). The number of hydrogen-bond donors (Lipinski definition) is 5. The van der Waals surface area contributed by atoms with E-state index in [2.05, 4.69) is 17.9 Å². The third-order valence-corrected chi connectivity index (χ3v) is 1.74. The van der Waals surface area contributed by atoms with Gasteiger partial charge in [0.15, 0.2) is 0 Å². The van der Waals surface area contributed by atoms with Crippen molar-refractivity contribution in [3.8, 4) is 0 Å². The smallest absolute Gasteiger partial charge is 0.230 e. The summed E-state index contributed by atoms with van der Waals surface area (Å²) in [5, 5.41) is 28.5. The van der Waals surface area contributed by atoms with Crippen LogP contribution in [0.2, 0.25) is 0 Å². The molecule has 0 aliphatic carbocycles. The minimum atomic E-state index is -1.33. The molecule has 0 aliphatic rings. The van der Waals surface area contributed by atoms with Crippen molar-refractivity contribution in [1.29, 1.82) is 0 Å². The fourth-order valence-electron chi connectivity index (χ4n) is 0.604. The molecule has 0 aromatic rings. The second-order valence-electron chi connectivity index (χ2n) is 2.46. The van der Waals surface area contributed by atoms with Gasteiger partial charge in [0, 0.05) is 0 Å². The van der Waals surface area contributed by atoms with Gasteiger partial charge in [-0.1, -0.05) is 0 Å². The summed E-state index contributed by atoms with van der Waals surface area (Å²) in [5.74, 6) is -0.502. The van der Waals surface area contributed by atoms with Gasteiger partial charge < -0.3 is 20.6 Å². The molecule has 0 unspecified atom stereocenters. The zero-order valence-corrected chi connectivity index (χ0v) is 7.42. The summed E-state index contributed by atoms with van der Waals surface area (Å²) >= 11 is 3.69. The van der Waals surface area contributed by atoms with Crippen molar-refractivity contribution in [2.75, 3.05) is 25.6 Å². The number of carbonyl (C=O) groups is 1. The quantitative estimate of drug-likeness (QED) is 0.321. The monoisotopic (exact) mass is 195 g/mol. The van der Waals surface area contributed by atoms with Crippen LogP contribution >= 0.6 is 12.6 Å². The van der Waals surface area contributed by atoms with Crippen molar-refractivity contribution in [2.24, 2.45) is 0 Å². The molecule has 4 N–H and O–H groups in total. The van der Waals surface area contributed by atoms with Gasteiger partial charge in [0.1, 0.15) is 5.54 Å². The van der Waals surface area contributed by atoms with Crippen LogP contribution in [-0.2, 0) is 4.79 Å². The fourth-order valence-corrected chi connectivity index (χ4v) is 0.683. The first-order valence-electron chi connectivity index (χ1n) is 3.38. The average Bonchev–Trinajstić information content (AvgIpc) is 2.14. The SMILES string of the molecule is O=C(CS)NC(CO)(CO)CO. The molecule has 0 saturated heterocycles. The summed E-state index contributed by atoms with van der Waals surface area (Å²) in [4.78, 5) is 10.8. The van der Waals surface area contributed by atoms with Crippen molar-refractivity contribution >= 4 is 18.5 Å². The Morgan fingerprint density at radius 3 is 1.92 bits per heavy atom. The maximum Gasteiger partial charge on any atom is 0.230 e. The molecule has 0 heterocycles. The molecule has 12 heavy (non-hydrogen) atoms. The number of nitrogens with one attached hydrogen (secondary N) is 1. The average molecular weight is 195 g/mol. The molecule has 0 aromatic heterocycles. The lowest BCUT2D eigenvalue weighted by molar-refractivity contribution is -0.122. The van der Waals surface area contributed by atoms with Crippen LogP contribution in [0.15, 0.2) is 0 Å². The van der Waals surface area contributed by atoms with E-state index in [1.807, 2.05) is 0 Å². The largest absolute Gasteiger partial charge is 0.394 e. The highest BCUT2D eigenvalue weighted by Gasteiger charge is 2.29. The molecule has 0 fully saturated rings. The summed E-state index contributed by atoms with van der Waals surface area (Å²) in [6, 6.07) is 0. The van der Waals surface area contributed by atoms with Crippen molar-refractivity contribution in [2.45, 2.75) is 5.54 Å². The normalized spacial score (nSPS) is 11.3. The summed E-state index contributed by atoms with van der Waals surface area (Å²) in [6.45, 7) is -1.54. The van der Waals surface area contributed by atoms with Crippen molar-refractivity contribution in [3.63, 3.8) is 0 Å². The number of hydrogen-bond acceptors (Lipinski definition) is 5. The second-order valence-corrected chi connectivity index (χ2v) is 2.78. The Morgan fingerprint density at radius 1 is 1.25 bits per heavy atom. The Kier molecular flexibility index (Phi) is 5.23. The van der Waals surface area contributed by atoms with Gasteiger partial charge in [-0.05, 0) is 0 Å². The van der Waals surface area contributed by atoms with E-state index in [9.17, 15) is 4.79 Å². The van der Waals surface area contributed by atoms with E-state index >= 15 is 0 Å². The minimum Gasteiger partial charge on any atom is -0.394 e. The molecule has 0 spiro atoms. The van der Waals surface area contributed by atoms with Gasteiger partial charge in [-0.2, -0.15) is 12.6 Å². The lowest BCUT2D eigenvalue weighted by Gasteiger charge is -2.28. The highest BCUT2D eigenvalue weighted by atomic mass is 32.1. The lowest BCUT2D eigenvalue weighted by Crippen LogP contribution is -2.57. The van der Waals surface area contributed by atoms with Crippen LogP contribution in [0.1, 0.15) is 0 Å². The Morgan fingerprint density at radius 2 is 1.67 bits per heavy atom. The van der Waals surface area contributed by atoms with E-state index in [1.165, 1.54) is 0 Å². The van der Waals surface area contributed by atoms with Gasteiger partial charge in [-0.3, -0.25) is 4.79 Å². The first-order valence-corrected chi connectivity index (χ1v) is 4.02. The Balaban J connectivity index is 4.19. The molecule has 0 aromatic carbocycles. The van der Waals surface area contributed by atoms with E-state index < -0.39 is 31.3 Å². The number of aliphatic hydroxyl groups is 3. The van der Waals surface area contributed by atoms with Crippen molar-refractivity contribution in [1.82, 2.24) is 5.32 Å². The maximum absolute atomic E-state index is 10.8. The molecule has 6 heteroatoms. The van der Waals surface area contributed by atoms with E-state index in [0.717, 1.165) is 0 Å². The summed E-state index contributed by atoms with van der Waals surface area (Å²) in [7, 11) is 0. The number of aliphatic hydroxyl groups excluding tert-OH is 3. The molecule has 0 aliphatic heterocycles. The van der Waals surface area contributed by atoms with Gasteiger partial charge in [-0.15, -0.1) is 0 Å². The van der Waals surface area contributed by atoms with Crippen LogP contribution in [0.5, 0.6) is 0 Å². The zero-order valence-electron chi connectivity index (χ0n) is 6.53. The Labute approximate surface area is 75.8 Å². The van der Waals surface area contributed by atoms with E-state index in [0.29, 0.717) is 0 Å². The van der Waals surface area contributed by atoms with E-state index in [4.69, 9.17) is 15.3 Å². The Hall–Kier alpha value is -0.300. The summed E-state index contributed by atoms with van der Waals surface area (Å²) in [5.41, 5.74) is -1.33. The van der Waals surface area contributed by atoms with Crippen LogP contribution in [0.25, 0.3) is 0 Å². The molecule has 72 valence electrons. The van der Waals surface area contributed by atoms with E-state index in [1.54, 1.807) is 0 Å². The highest BCUT2D eigenvalue weighted by Crippen LogP contribution is 2.01. The number of thiol groups is 1. The topological polar surface area (TPSA) is 89.8 Å². The summed E-state index contributed by atoms with van der Waals surface area (Å²) < 4.78 is 0. The molecule has 0 atom stereocenters. The van der Waals surface area contributed by atoms with Gasteiger partial charge >= 0.3 is 0 Å². The van der Waals surface area contributed by atoms with Crippen LogP contribution in [-0.4, -0.2) is 52.3 Å². The van der Waals surface area contributed by atoms with Crippen molar-refractivity contribution in [3.05, 3.63) is 0 Å². The van der Waals surface area contributed by atoms with Gasteiger partial charge in [0.2, 0.25) is 5.91 Å². The molecule has 5 nitrogen and oxygen atoms in total. The molecular weight excluding hydrogens is 182 g/mol. The zero-order chi connectivity index (χ0) is 9.61. The minimum absolute atomic E-state index is 0.0538.